The summed E-state index contributed by atoms with van der Waals surface area (Å²) >= 11 is 0. The summed E-state index contributed by atoms with van der Waals surface area (Å²) in [4.78, 5) is 14.2. The molecule has 0 aliphatic heterocycles. The fraction of sp³-hybridized carbons (Fsp3) is 0. The average molecular weight is 235 g/mol. The van der Waals surface area contributed by atoms with E-state index in [4.69, 9.17) is 5.11 Å². The van der Waals surface area contributed by atoms with Crippen LogP contribution in [0.2, 0.25) is 0 Å². The van der Waals surface area contributed by atoms with Gasteiger partial charge in [-0.15, -0.1) is 0 Å². The Labute approximate surface area is 95.0 Å². The van der Waals surface area contributed by atoms with Gasteiger partial charge in [-0.2, -0.15) is 0 Å². The van der Waals surface area contributed by atoms with Crippen molar-refractivity contribution in [3.63, 3.8) is 0 Å². The van der Waals surface area contributed by atoms with E-state index in [1.165, 1.54) is 18.2 Å². The normalized spacial score (nSPS) is 11.2. The molecule has 0 radical (unpaired) electrons. The molecule has 0 unspecified atom stereocenters. The Morgan fingerprint density at radius 2 is 1.88 bits per heavy atom. The maximum absolute atomic E-state index is 13.4. The molecule has 0 fully saturated rings. The van der Waals surface area contributed by atoms with Crippen LogP contribution in [0, 0.1) is 11.6 Å². The highest BCUT2D eigenvalue weighted by atomic mass is 19.1. The van der Waals surface area contributed by atoms with Crippen LogP contribution < -0.4 is 0 Å². The summed E-state index contributed by atoms with van der Waals surface area (Å²) < 4.78 is 26.7. The second-order valence-corrected chi connectivity index (χ2v) is 3.33. The van der Waals surface area contributed by atoms with E-state index in [9.17, 15) is 13.6 Å². The predicted octanol–water partition coefficient (Wildman–Crippen LogP) is 2.61. The number of aromatic nitrogens is 1. The molecule has 1 heterocycles. The lowest BCUT2D eigenvalue weighted by Gasteiger charge is -2.01. The third-order valence-corrected chi connectivity index (χ3v) is 2.17. The molecular formula is C12H7F2NO2. The van der Waals surface area contributed by atoms with Gasteiger partial charge in [-0.3, -0.25) is 0 Å². The van der Waals surface area contributed by atoms with E-state index in [0.717, 1.165) is 18.2 Å². The first-order valence-electron chi connectivity index (χ1n) is 4.73. The van der Waals surface area contributed by atoms with Gasteiger partial charge in [0.2, 0.25) is 0 Å². The monoisotopic (exact) mass is 235 g/mol. The summed E-state index contributed by atoms with van der Waals surface area (Å²) in [6, 6.07) is 4.79. The molecule has 1 aromatic heterocycles. The Balaban J connectivity index is 2.57. The molecule has 0 atom stereocenters. The SMILES string of the molecule is O=C(O)/C=C/c1ccc2c(F)ccc(F)c2n1. The smallest absolute Gasteiger partial charge is 0.328 e. The largest absolute Gasteiger partial charge is 0.478 e. The lowest BCUT2D eigenvalue weighted by Crippen LogP contribution is -1.91. The summed E-state index contributed by atoms with van der Waals surface area (Å²) in [5, 5.41) is 8.51. The Bertz CT molecular complexity index is 623. The maximum Gasteiger partial charge on any atom is 0.328 e. The number of fused-ring (bicyclic) bond motifs is 1. The zero-order valence-corrected chi connectivity index (χ0v) is 8.52. The molecule has 2 rings (SSSR count). The Morgan fingerprint density at radius 3 is 2.59 bits per heavy atom. The Hall–Kier alpha value is -2.30. The number of carbonyl (C=O) groups is 1. The number of benzene rings is 1. The van der Waals surface area contributed by atoms with Crippen molar-refractivity contribution in [1.29, 1.82) is 0 Å². The summed E-state index contributed by atoms with van der Waals surface area (Å²) in [6.07, 6.45) is 2.09. The first-order valence-corrected chi connectivity index (χ1v) is 4.73. The van der Waals surface area contributed by atoms with Crippen LogP contribution in [0.15, 0.2) is 30.3 Å². The van der Waals surface area contributed by atoms with Crippen molar-refractivity contribution in [3.05, 3.63) is 47.7 Å². The topological polar surface area (TPSA) is 50.2 Å². The predicted molar refractivity (Wildman–Crippen MR) is 58.3 cm³/mol. The molecule has 17 heavy (non-hydrogen) atoms. The van der Waals surface area contributed by atoms with E-state index in [0.29, 0.717) is 0 Å². The summed E-state index contributed by atoms with van der Waals surface area (Å²) in [5.74, 6) is -2.35. The first-order chi connectivity index (χ1) is 8.08. The van der Waals surface area contributed by atoms with Crippen LogP contribution in [-0.4, -0.2) is 16.1 Å². The van der Waals surface area contributed by atoms with Crippen molar-refractivity contribution < 1.29 is 18.7 Å². The van der Waals surface area contributed by atoms with Gasteiger partial charge < -0.3 is 5.11 Å². The molecule has 3 nitrogen and oxygen atoms in total. The molecule has 1 N–H and O–H groups in total. The standard InChI is InChI=1S/C12H7F2NO2/c13-9-4-5-10(14)12-8(9)3-1-7(15-12)2-6-11(16)17/h1-6H,(H,16,17)/b6-2+. The quantitative estimate of drug-likeness (QED) is 0.814. The first kappa shape index (κ1) is 11.2. The summed E-state index contributed by atoms with van der Waals surface area (Å²) in [7, 11) is 0. The van der Waals surface area contributed by atoms with Gasteiger partial charge in [-0.05, 0) is 30.3 Å². The minimum absolute atomic E-state index is 0.0671. The molecule has 0 aliphatic carbocycles. The van der Waals surface area contributed by atoms with Gasteiger partial charge in [0.1, 0.15) is 17.2 Å². The third-order valence-electron chi connectivity index (χ3n) is 2.17. The van der Waals surface area contributed by atoms with Crippen LogP contribution in [0.4, 0.5) is 8.78 Å². The number of rotatable bonds is 2. The number of aliphatic carboxylic acids is 1. The van der Waals surface area contributed by atoms with Gasteiger partial charge in [-0.1, -0.05) is 0 Å². The Morgan fingerprint density at radius 1 is 1.18 bits per heavy atom. The minimum atomic E-state index is -1.13. The highest BCUT2D eigenvalue weighted by Gasteiger charge is 2.07. The molecule has 0 saturated heterocycles. The van der Waals surface area contributed by atoms with Crippen molar-refractivity contribution >= 4 is 22.9 Å². The number of nitrogens with zero attached hydrogens (tertiary/aromatic N) is 1. The average Bonchev–Trinajstić information content (AvgIpc) is 2.31. The second kappa shape index (κ2) is 4.29. The summed E-state index contributed by atoms with van der Waals surface area (Å²) in [6.45, 7) is 0. The minimum Gasteiger partial charge on any atom is -0.478 e. The van der Waals surface area contributed by atoms with Crippen LogP contribution in [0.25, 0.3) is 17.0 Å². The number of hydrogen-bond donors (Lipinski definition) is 1. The molecule has 0 bridgehead atoms. The fourth-order valence-corrected chi connectivity index (χ4v) is 1.41. The molecule has 5 heteroatoms. The van der Waals surface area contributed by atoms with Gasteiger partial charge in [0.15, 0.2) is 0 Å². The van der Waals surface area contributed by atoms with Gasteiger partial charge in [0, 0.05) is 11.5 Å². The number of pyridine rings is 1. The van der Waals surface area contributed by atoms with Crippen LogP contribution >= 0.6 is 0 Å². The fourth-order valence-electron chi connectivity index (χ4n) is 1.41. The lowest BCUT2D eigenvalue weighted by molar-refractivity contribution is -0.131. The molecule has 1 aromatic carbocycles. The van der Waals surface area contributed by atoms with E-state index in [2.05, 4.69) is 4.98 Å². The van der Waals surface area contributed by atoms with Crippen LogP contribution in [0.5, 0.6) is 0 Å². The number of hydrogen-bond acceptors (Lipinski definition) is 2. The van der Waals surface area contributed by atoms with E-state index in [-0.39, 0.29) is 16.6 Å². The molecule has 0 saturated carbocycles. The zero-order valence-electron chi connectivity index (χ0n) is 8.52. The van der Waals surface area contributed by atoms with Gasteiger partial charge in [0.05, 0.1) is 5.69 Å². The molecular weight excluding hydrogens is 228 g/mol. The van der Waals surface area contributed by atoms with Gasteiger partial charge in [-0.25, -0.2) is 18.6 Å². The number of halogens is 2. The highest BCUT2D eigenvalue weighted by molar-refractivity contribution is 5.86. The summed E-state index contributed by atoms with van der Waals surface area (Å²) in [5.41, 5.74) is 0.141. The van der Waals surface area contributed by atoms with E-state index < -0.39 is 17.6 Å². The molecule has 2 aromatic rings. The highest BCUT2D eigenvalue weighted by Crippen LogP contribution is 2.19. The van der Waals surface area contributed by atoms with Crippen LogP contribution in [-0.2, 0) is 4.79 Å². The van der Waals surface area contributed by atoms with Crippen LogP contribution in [0.1, 0.15) is 5.69 Å². The number of carboxylic acid groups (broad SMARTS) is 1. The Kier molecular flexibility index (Phi) is 2.82. The maximum atomic E-state index is 13.4. The van der Waals surface area contributed by atoms with Crippen molar-refractivity contribution in [3.8, 4) is 0 Å². The van der Waals surface area contributed by atoms with Crippen LogP contribution in [0.3, 0.4) is 0 Å². The zero-order chi connectivity index (χ0) is 12.4. The number of carboxylic acids is 1. The van der Waals surface area contributed by atoms with Crippen molar-refractivity contribution in [1.82, 2.24) is 4.98 Å². The van der Waals surface area contributed by atoms with Gasteiger partial charge >= 0.3 is 5.97 Å². The lowest BCUT2D eigenvalue weighted by atomic mass is 10.2. The van der Waals surface area contributed by atoms with Gasteiger partial charge in [0.25, 0.3) is 0 Å². The van der Waals surface area contributed by atoms with E-state index in [1.54, 1.807) is 0 Å². The molecule has 0 aliphatic rings. The second-order valence-electron chi connectivity index (χ2n) is 3.33. The van der Waals surface area contributed by atoms with Crippen molar-refractivity contribution in [2.45, 2.75) is 0 Å². The molecule has 0 spiro atoms. The van der Waals surface area contributed by atoms with E-state index in [1.807, 2.05) is 0 Å². The molecule has 0 amide bonds. The third kappa shape index (κ3) is 2.28. The van der Waals surface area contributed by atoms with Crippen molar-refractivity contribution in [2.24, 2.45) is 0 Å². The van der Waals surface area contributed by atoms with Crippen molar-refractivity contribution in [2.75, 3.05) is 0 Å². The molecule has 86 valence electrons. The van der Waals surface area contributed by atoms with E-state index >= 15 is 0 Å².